The van der Waals surface area contributed by atoms with Gasteiger partial charge in [-0.15, -0.1) is 11.8 Å². The molecule has 1 aromatic heterocycles. The Bertz CT molecular complexity index is 925. The van der Waals surface area contributed by atoms with Gasteiger partial charge in [0.1, 0.15) is 10.8 Å². The molecule has 8 heteroatoms. The fourth-order valence-corrected chi connectivity index (χ4v) is 8.09. The number of piperidine rings is 1. The number of thioether (sulfide) groups is 1. The largest absolute Gasteiger partial charge is 0.481 e. The topological polar surface area (TPSA) is 103 Å². The molecule has 1 aromatic rings. The second-order valence-corrected chi connectivity index (χ2v) is 12.2. The van der Waals surface area contributed by atoms with E-state index >= 15 is 0 Å². The van der Waals surface area contributed by atoms with Crippen molar-refractivity contribution in [2.24, 2.45) is 23.7 Å². The third-order valence-electron chi connectivity index (χ3n) is 8.38. The molecule has 0 spiro atoms. The van der Waals surface area contributed by atoms with Crippen LogP contribution in [-0.2, 0) is 4.79 Å². The summed E-state index contributed by atoms with van der Waals surface area (Å²) >= 11 is 1.62. The molecular weight excluding hydrogens is 450 g/mol. The van der Waals surface area contributed by atoms with Crippen molar-refractivity contribution in [3.05, 3.63) is 17.7 Å². The summed E-state index contributed by atoms with van der Waals surface area (Å²) in [5.41, 5.74) is 0.129. The number of nitrogens with zero attached hydrogens (tertiary/aromatic N) is 2. The molecule has 5 aliphatic rings. The van der Waals surface area contributed by atoms with E-state index < -0.39 is 11.6 Å². The van der Waals surface area contributed by atoms with E-state index in [0.29, 0.717) is 29.9 Å². The zero-order chi connectivity index (χ0) is 23.9. The summed E-state index contributed by atoms with van der Waals surface area (Å²) in [6, 6.07) is 3.97. The van der Waals surface area contributed by atoms with Gasteiger partial charge >= 0.3 is 5.97 Å². The third kappa shape index (κ3) is 4.94. The fourth-order valence-electron chi connectivity index (χ4n) is 7.22. The normalized spacial score (nSPS) is 34.3. The van der Waals surface area contributed by atoms with Crippen LogP contribution in [0.25, 0.3) is 0 Å². The standard InChI is InChI=1S/C26H37N3O4S/c1-2-8-34-25-20(5-6-21(27-25)29-7-3-4-16(15-29)11-22(30)31)24(32)28-23-18-9-17-10-19(23)14-26(33,12-17)13-18/h5-6,16-19,23,33H,2-4,7-15H2,1H3,(H,28,32)(H,30,31)/t16-,17?,18?,19?,23-,26+/m0/s1. The monoisotopic (exact) mass is 487 g/mol. The van der Waals surface area contributed by atoms with Gasteiger partial charge in [0.2, 0.25) is 0 Å². The summed E-state index contributed by atoms with van der Waals surface area (Å²) in [7, 11) is 0. The van der Waals surface area contributed by atoms with Crippen LogP contribution in [0.2, 0.25) is 0 Å². The first-order chi connectivity index (χ1) is 16.3. The molecule has 2 unspecified atom stereocenters. The molecule has 4 aliphatic carbocycles. The summed E-state index contributed by atoms with van der Waals surface area (Å²) in [5.74, 6) is 2.42. The molecule has 186 valence electrons. The number of aromatic nitrogens is 1. The zero-order valence-electron chi connectivity index (χ0n) is 20.0. The minimum Gasteiger partial charge on any atom is -0.481 e. The number of aliphatic carboxylic acids is 1. The van der Waals surface area contributed by atoms with E-state index in [1.165, 1.54) is 0 Å². The summed E-state index contributed by atoms with van der Waals surface area (Å²) in [6.45, 7) is 3.68. The van der Waals surface area contributed by atoms with Gasteiger partial charge in [0, 0.05) is 25.6 Å². The molecule has 34 heavy (non-hydrogen) atoms. The Kier molecular flexibility index (Phi) is 6.81. The van der Waals surface area contributed by atoms with Crippen molar-refractivity contribution < 1.29 is 19.8 Å². The molecular formula is C26H37N3O4S. The molecule has 6 rings (SSSR count). The second-order valence-electron chi connectivity index (χ2n) is 11.1. The highest BCUT2D eigenvalue weighted by Gasteiger charge is 2.55. The van der Waals surface area contributed by atoms with Crippen LogP contribution in [0.1, 0.15) is 75.1 Å². The van der Waals surface area contributed by atoms with E-state index in [4.69, 9.17) is 4.98 Å². The highest BCUT2D eigenvalue weighted by Crippen LogP contribution is 2.55. The van der Waals surface area contributed by atoms with Gasteiger partial charge < -0.3 is 20.4 Å². The number of nitrogens with one attached hydrogen (secondary N) is 1. The molecule has 5 fully saturated rings. The number of hydrogen-bond acceptors (Lipinski definition) is 6. The number of aliphatic hydroxyl groups is 1. The summed E-state index contributed by atoms with van der Waals surface area (Å²) < 4.78 is 0. The van der Waals surface area contributed by atoms with E-state index in [2.05, 4.69) is 17.1 Å². The van der Waals surface area contributed by atoms with Crippen molar-refractivity contribution in [3.63, 3.8) is 0 Å². The molecule has 1 saturated heterocycles. The van der Waals surface area contributed by atoms with Gasteiger partial charge in [-0.1, -0.05) is 6.92 Å². The Morgan fingerprint density at radius 1 is 1.24 bits per heavy atom. The Hall–Kier alpha value is -1.80. The highest BCUT2D eigenvalue weighted by molar-refractivity contribution is 7.99. The van der Waals surface area contributed by atoms with Crippen LogP contribution in [0, 0.1) is 23.7 Å². The number of pyridine rings is 1. The number of anilines is 1. The number of hydrogen-bond donors (Lipinski definition) is 3. The molecule has 4 saturated carbocycles. The molecule has 7 nitrogen and oxygen atoms in total. The first kappa shape index (κ1) is 23.9. The minimum atomic E-state index is -0.747. The van der Waals surface area contributed by atoms with Gasteiger partial charge in [0.25, 0.3) is 5.91 Å². The van der Waals surface area contributed by atoms with Crippen LogP contribution in [-0.4, -0.2) is 57.6 Å². The van der Waals surface area contributed by atoms with Crippen LogP contribution in [0.4, 0.5) is 5.82 Å². The van der Waals surface area contributed by atoms with Crippen molar-refractivity contribution >= 4 is 29.5 Å². The number of carbonyl (C=O) groups is 2. The van der Waals surface area contributed by atoms with Crippen molar-refractivity contribution in [2.75, 3.05) is 23.7 Å². The zero-order valence-corrected chi connectivity index (χ0v) is 20.9. The average Bonchev–Trinajstić information content (AvgIpc) is 2.78. The number of rotatable bonds is 8. The van der Waals surface area contributed by atoms with Gasteiger partial charge in [-0.05, 0) is 92.9 Å². The highest BCUT2D eigenvalue weighted by atomic mass is 32.2. The van der Waals surface area contributed by atoms with Crippen molar-refractivity contribution in [2.45, 2.75) is 81.4 Å². The summed E-state index contributed by atoms with van der Waals surface area (Å²) in [5, 5.41) is 24.2. The van der Waals surface area contributed by atoms with Crippen LogP contribution >= 0.6 is 11.8 Å². The average molecular weight is 488 g/mol. The van der Waals surface area contributed by atoms with E-state index in [9.17, 15) is 19.8 Å². The minimum absolute atomic E-state index is 0.0514. The number of amides is 1. The van der Waals surface area contributed by atoms with Gasteiger partial charge in [0.15, 0.2) is 0 Å². The molecule has 3 atom stereocenters. The lowest BCUT2D eigenvalue weighted by atomic mass is 9.52. The lowest BCUT2D eigenvalue weighted by Gasteiger charge is -2.58. The maximum Gasteiger partial charge on any atom is 0.303 e. The predicted octanol–water partition coefficient (Wildman–Crippen LogP) is 3.94. The van der Waals surface area contributed by atoms with Crippen molar-refractivity contribution in [1.82, 2.24) is 10.3 Å². The maximum atomic E-state index is 13.5. The fraction of sp³-hybridized carbons (Fsp3) is 0.731. The molecule has 0 aromatic carbocycles. The Morgan fingerprint density at radius 2 is 2.00 bits per heavy atom. The van der Waals surface area contributed by atoms with Crippen LogP contribution in [0.5, 0.6) is 0 Å². The Labute approximate surface area is 206 Å². The SMILES string of the molecule is CCCSc1nc(N2CCC[C@@H](CC(=O)O)C2)ccc1C(=O)N[C@H]1C2CC3CC1C[C@@](O)(C3)C2. The van der Waals surface area contributed by atoms with Crippen LogP contribution < -0.4 is 10.2 Å². The second kappa shape index (κ2) is 9.69. The predicted molar refractivity (Wildman–Crippen MR) is 132 cm³/mol. The van der Waals surface area contributed by atoms with E-state index in [0.717, 1.165) is 74.5 Å². The number of carboxylic acid groups (broad SMARTS) is 1. The van der Waals surface area contributed by atoms with E-state index in [1.807, 2.05) is 12.1 Å². The summed E-state index contributed by atoms with van der Waals surface area (Å²) in [4.78, 5) is 31.7. The van der Waals surface area contributed by atoms with Gasteiger partial charge in [-0.2, -0.15) is 0 Å². The number of carboxylic acids is 1. The first-order valence-electron chi connectivity index (χ1n) is 13.0. The molecule has 0 radical (unpaired) electrons. The van der Waals surface area contributed by atoms with Crippen molar-refractivity contribution in [3.8, 4) is 0 Å². The van der Waals surface area contributed by atoms with Gasteiger partial charge in [-0.25, -0.2) is 4.98 Å². The van der Waals surface area contributed by atoms with Crippen LogP contribution in [0.3, 0.4) is 0 Å². The molecule has 4 bridgehead atoms. The van der Waals surface area contributed by atoms with E-state index in [1.54, 1.807) is 11.8 Å². The van der Waals surface area contributed by atoms with Crippen LogP contribution in [0.15, 0.2) is 17.2 Å². The molecule has 2 heterocycles. The Balaban J connectivity index is 1.32. The third-order valence-corrected chi connectivity index (χ3v) is 9.57. The van der Waals surface area contributed by atoms with Gasteiger partial charge in [-0.3, -0.25) is 9.59 Å². The molecule has 3 N–H and O–H groups in total. The quantitative estimate of drug-likeness (QED) is 0.477. The maximum absolute atomic E-state index is 13.5. The lowest BCUT2D eigenvalue weighted by Crippen LogP contribution is -2.61. The Morgan fingerprint density at radius 3 is 2.68 bits per heavy atom. The molecule has 1 amide bonds. The first-order valence-corrected chi connectivity index (χ1v) is 14.0. The van der Waals surface area contributed by atoms with Gasteiger partial charge in [0.05, 0.1) is 11.2 Å². The lowest BCUT2D eigenvalue weighted by molar-refractivity contribution is -0.138. The van der Waals surface area contributed by atoms with E-state index in [-0.39, 0.29) is 24.3 Å². The van der Waals surface area contributed by atoms with Crippen molar-refractivity contribution in [1.29, 1.82) is 0 Å². The molecule has 1 aliphatic heterocycles. The summed E-state index contributed by atoms with van der Waals surface area (Å²) in [6.07, 6.45) is 7.86. The smallest absolute Gasteiger partial charge is 0.303 e. The number of carbonyl (C=O) groups excluding carboxylic acids is 1.